The van der Waals surface area contributed by atoms with Crippen molar-refractivity contribution in [1.82, 2.24) is 10.1 Å². The van der Waals surface area contributed by atoms with Crippen molar-refractivity contribution in [2.45, 2.75) is 12.8 Å². The lowest BCUT2D eigenvalue weighted by Crippen LogP contribution is -1.93. The summed E-state index contributed by atoms with van der Waals surface area (Å²) in [6.45, 7) is 0. The van der Waals surface area contributed by atoms with Crippen LogP contribution >= 0.6 is 11.6 Å². The van der Waals surface area contributed by atoms with Crippen LogP contribution in [0.4, 0.5) is 5.69 Å². The van der Waals surface area contributed by atoms with Gasteiger partial charge >= 0.3 is 0 Å². The molecule has 0 atom stereocenters. The van der Waals surface area contributed by atoms with E-state index in [9.17, 15) is 0 Å². The zero-order chi connectivity index (χ0) is 14.7. The fourth-order valence-corrected chi connectivity index (χ4v) is 2.29. The Labute approximate surface area is 127 Å². The molecule has 0 amide bonds. The third-order valence-electron chi connectivity index (χ3n) is 3.13. The van der Waals surface area contributed by atoms with Gasteiger partial charge in [0.2, 0.25) is 11.7 Å². The molecule has 5 heteroatoms. The normalized spacial score (nSPS) is 10.7. The molecule has 0 radical (unpaired) electrons. The van der Waals surface area contributed by atoms with Gasteiger partial charge in [0.25, 0.3) is 0 Å². The molecule has 0 fully saturated rings. The highest BCUT2D eigenvalue weighted by atomic mass is 35.5. The number of hydrogen-bond acceptors (Lipinski definition) is 4. The number of nitrogens with zero attached hydrogens (tertiary/aromatic N) is 2. The maximum atomic E-state index is 5.96. The van der Waals surface area contributed by atoms with Gasteiger partial charge in [-0.05, 0) is 36.2 Å². The van der Waals surface area contributed by atoms with E-state index in [4.69, 9.17) is 21.9 Å². The van der Waals surface area contributed by atoms with Gasteiger partial charge < -0.3 is 10.3 Å². The van der Waals surface area contributed by atoms with Crippen LogP contribution in [-0.4, -0.2) is 10.1 Å². The molecule has 0 saturated carbocycles. The second-order valence-electron chi connectivity index (χ2n) is 4.77. The lowest BCUT2D eigenvalue weighted by atomic mass is 10.1. The van der Waals surface area contributed by atoms with Crippen LogP contribution in [0.25, 0.3) is 11.4 Å². The summed E-state index contributed by atoms with van der Waals surface area (Å²) in [5.74, 6) is 1.16. The minimum atomic E-state index is 0.556. The van der Waals surface area contributed by atoms with Gasteiger partial charge in [-0.1, -0.05) is 41.0 Å². The smallest absolute Gasteiger partial charge is 0.227 e. The van der Waals surface area contributed by atoms with Crippen molar-refractivity contribution in [3.63, 3.8) is 0 Å². The summed E-state index contributed by atoms with van der Waals surface area (Å²) in [5, 5.41) is 4.64. The van der Waals surface area contributed by atoms with E-state index in [2.05, 4.69) is 10.1 Å². The van der Waals surface area contributed by atoms with Crippen LogP contribution < -0.4 is 5.73 Å². The number of halogens is 1. The van der Waals surface area contributed by atoms with E-state index < -0.39 is 0 Å². The summed E-state index contributed by atoms with van der Waals surface area (Å²) in [5.41, 5.74) is 8.52. The Morgan fingerprint density at radius 1 is 1.05 bits per heavy atom. The Kier molecular flexibility index (Phi) is 3.88. The first-order valence-electron chi connectivity index (χ1n) is 6.64. The molecule has 2 N–H and O–H groups in total. The highest BCUT2D eigenvalue weighted by Crippen LogP contribution is 2.20. The predicted molar refractivity (Wildman–Crippen MR) is 83.0 cm³/mol. The zero-order valence-electron chi connectivity index (χ0n) is 11.3. The van der Waals surface area contributed by atoms with Crippen molar-refractivity contribution >= 4 is 17.3 Å². The lowest BCUT2D eigenvalue weighted by Gasteiger charge is -1.99. The highest BCUT2D eigenvalue weighted by molar-refractivity contribution is 6.30. The van der Waals surface area contributed by atoms with Crippen LogP contribution in [0, 0.1) is 0 Å². The Bertz CT molecular complexity index is 755. The van der Waals surface area contributed by atoms with Gasteiger partial charge in [0.1, 0.15) is 0 Å². The fraction of sp³-hybridized carbons (Fsp3) is 0.125. The Balaban J connectivity index is 1.71. The largest absolute Gasteiger partial charge is 0.399 e. The minimum absolute atomic E-state index is 0.556. The maximum Gasteiger partial charge on any atom is 0.227 e. The van der Waals surface area contributed by atoms with E-state index in [-0.39, 0.29) is 0 Å². The molecule has 0 aliphatic carbocycles. The summed E-state index contributed by atoms with van der Waals surface area (Å²) < 4.78 is 5.28. The van der Waals surface area contributed by atoms with E-state index in [0.29, 0.717) is 23.2 Å². The zero-order valence-corrected chi connectivity index (χ0v) is 12.0. The molecule has 3 rings (SSSR count). The fourth-order valence-electron chi connectivity index (χ4n) is 2.10. The van der Waals surface area contributed by atoms with Gasteiger partial charge in [-0.15, -0.1) is 0 Å². The van der Waals surface area contributed by atoms with Crippen molar-refractivity contribution < 1.29 is 4.52 Å². The molecule has 21 heavy (non-hydrogen) atoms. The highest BCUT2D eigenvalue weighted by Gasteiger charge is 2.09. The quantitative estimate of drug-likeness (QED) is 0.745. The molecular weight excluding hydrogens is 286 g/mol. The first-order chi connectivity index (χ1) is 10.2. The molecule has 4 nitrogen and oxygen atoms in total. The van der Waals surface area contributed by atoms with Crippen LogP contribution in [-0.2, 0) is 12.8 Å². The molecule has 0 saturated heterocycles. The van der Waals surface area contributed by atoms with E-state index in [1.54, 1.807) is 0 Å². The topological polar surface area (TPSA) is 64.9 Å². The second-order valence-corrected chi connectivity index (χ2v) is 5.20. The Hall–Kier alpha value is -2.33. The molecule has 0 aliphatic heterocycles. The number of nitrogen functional groups attached to an aromatic ring is 1. The maximum absolute atomic E-state index is 5.96. The molecule has 1 heterocycles. The van der Waals surface area contributed by atoms with Crippen LogP contribution in [0.5, 0.6) is 0 Å². The first-order valence-corrected chi connectivity index (χ1v) is 7.01. The molecule has 2 aromatic carbocycles. The third-order valence-corrected chi connectivity index (χ3v) is 3.36. The van der Waals surface area contributed by atoms with Crippen molar-refractivity contribution in [1.29, 1.82) is 0 Å². The van der Waals surface area contributed by atoms with Gasteiger partial charge in [-0.3, -0.25) is 0 Å². The summed E-state index contributed by atoms with van der Waals surface area (Å²) in [6, 6.07) is 15.2. The number of aryl methyl sites for hydroxylation is 2. The van der Waals surface area contributed by atoms with E-state index in [1.165, 1.54) is 0 Å². The number of nitrogens with two attached hydrogens (primary N) is 1. The summed E-state index contributed by atoms with van der Waals surface area (Å²) >= 11 is 5.96. The predicted octanol–water partition coefficient (Wildman–Crippen LogP) is 3.76. The average Bonchev–Trinajstić information content (AvgIpc) is 2.94. The molecule has 0 spiro atoms. The molecule has 3 aromatic rings. The number of rotatable bonds is 4. The lowest BCUT2D eigenvalue weighted by molar-refractivity contribution is 0.379. The second kappa shape index (κ2) is 5.97. The standard InChI is InChI=1S/C16H14ClN3O/c17-13-5-2-4-12(10-13)16-19-15(21-20-16)8-7-11-3-1-6-14(18)9-11/h1-6,9-10H,7-8,18H2. The van der Waals surface area contributed by atoms with Gasteiger partial charge in [0.15, 0.2) is 0 Å². The van der Waals surface area contributed by atoms with Crippen LogP contribution in [0.15, 0.2) is 53.1 Å². The number of hydrogen-bond donors (Lipinski definition) is 1. The first kappa shape index (κ1) is 13.6. The van der Waals surface area contributed by atoms with Crippen LogP contribution in [0.1, 0.15) is 11.5 Å². The van der Waals surface area contributed by atoms with Crippen LogP contribution in [0.2, 0.25) is 5.02 Å². The third kappa shape index (κ3) is 3.41. The molecule has 106 valence electrons. The summed E-state index contributed by atoms with van der Waals surface area (Å²) in [7, 11) is 0. The SMILES string of the molecule is Nc1cccc(CCc2nc(-c3cccc(Cl)c3)no2)c1. The molecular formula is C16H14ClN3O. The number of aromatic nitrogens is 2. The van der Waals surface area contributed by atoms with E-state index in [1.807, 2.05) is 48.5 Å². The van der Waals surface area contributed by atoms with Crippen molar-refractivity contribution in [3.8, 4) is 11.4 Å². The summed E-state index contributed by atoms with van der Waals surface area (Å²) in [4.78, 5) is 4.39. The number of benzene rings is 2. The van der Waals surface area contributed by atoms with Crippen molar-refractivity contribution in [2.24, 2.45) is 0 Å². The van der Waals surface area contributed by atoms with Crippen LogP contribution in [0.3, 0.4) is 0 Å². The van der Waals surface area contributed by atoms with Gasteiger partial charge in [0.05, 0.1) is 0 Å². The monoisotopic (exact) mass is 299 g/mol. The molecule has 0 unspecified atom stereocenters. The average molecular weight is 300 g/mol. The number of anilines is 1. The molecule has 0 bridgehead atoms. The van der Waals surface area contributed by atoms with Crippen molar-refractivity contribution in [2.75, 3.05) is 5.73 Å². The summed E-state index contributed by atoms with van der Waals surface area (Å²) in [6.07, 6.45) is 1.49. The molecule has 1 aromatic heterocycles. The van der Waals surface area contributed by atoms with E-state index >= 15 is 0 Å². The Morgan fingerprint density at radius 3 is 2.71 bits per heavy atom. The van der Waals surface area contributed by atoms with E-state index in [0.717, 1.165) is 23.2 Å². The minimum Gasteiger partial charge on any atom is -0.399 e. The van der Waals surface area contributed by atoms with Gasteiger partial charge in [-0.25, -0.2) is 0 Å². The van der Waals surface area contributed by atoms with Gasteiger partial charge in [0, 0.05) is 22.7 Å². The Morgan fingerprint density at radius 2 is 1.90 bits per heavy atom. The van der Waals surface area contributed by atoms with Gasteiger partial charge in [-0.2, -0.15) is 4.98 Å². The molecule has 0 aliphatic rings. The van der Waals surface area contributed by atoms with Crippen molar-refractivity contribution in [3.05, 3.63) is 65.0 Å².